The number of hydrogen-bond donors (Lipinski definition) is 1. The molecule has 0 atom stereocenters. The van der Waals surface area contributed by atoms with E-state index in [9.17, 15) is 4.79 Å². The lowest BCUT2D eigenvalue weighted by Gasteiger charge is -1.89. The molecule has 0 aromatic rings. The number of carboxylic acids is 1. The summed E-state index contributed by atoms with van der Waals surface area (Å²) in [5.74, 6) is -0.972. The lowest BCUT2D eigenvalue weighted by Crippen LogP contribution is -2.03. The van der Waals surface area contributed by atoms with Crippen molar-refractivity contribution in [1.82, 2.24) is 0 Å². The van der Waals surface area contributed by atoms with Crippen LogP contribution >= 0.6 is 0 Å². The van der Waals surface area contributed by atoms with Gasteiger partial charge in [0.1, 0.15) is 0 Å². The lowest BCUT2D eigenvalue weighted by molar-refractivity contribution is -0.140. The third kappa shape index (κ3) is 9.08. The van der Waals surface area contributed by atoms with E-state index in [1.165, 1.54) is 0 Å². The van der Waals surface area contributed by atoms with E-state index in [1.807, 2.05) is 13.8 Å². The topological polar surface area (TPSA) is 37.3 Å². The van der Waals surface area contributed by atoms with Crippen molar-refractivity contribution in [2.24, 2.45) is 5.92 Å². The van der Waals surface area contributed by atoms with Crippen LogP contribution in [-0.4, -0.2) is 11.1 Å². The minimum atomic E-state index is -0.741. The Labute approximate surface area is 50.5 Å². The summed E-state index contributed by atoms with van der Waals surface area (Å²) >= 11 is 0. The van der Waals surface area contributed by atoms with Gasteiger partial charge < -0.3 is 5.11 Å². The number of hydrogen-bond acceptors (Lipinski definition) is 1. The van der Waals surface area contributed by atoms with Crippen molar-refractivity contribution in [3.8, 4) is 0 Å². The normalized spacial score (nSPS) is 7.62. The molecule has 0 rings (SSSR count). The van der Waals surface area contributed by atoms with Crippen molar-refractivity contribution in [3.05, 3.63) is 0 Å². The molecule has 0 aliphatic heterocycles. The Morgan fingerprint density at radius 1 is 1.38 bits per heavy atom. The molecule has 0 aliphatic rings. The fraction of sp³-hybridized carbons (Fsp3) is 0.833. The van der Waals surface area contributed by atoms with Gasteiger partial charge in [0, 0.05) is 0 Å². The van der Waals surface area contributed by atoms with Crippen LogP contribution in [0.15, 0.2) is 0 Å². The Bertz CT molecular complexity index is 57.5. The van der Waals surface area contributed by atoms with Crippen LogP contribution in [0.2, 0.25) is 0 Å². The number of aliphatic carboxylic acids is 1. The smallest absolute Gasteiger partial charge is 0.305 e. The van der Waals surface area contributed by atoms with Crippen molar-refractivity contribution in [3.63, 3.8) is 0 Å². The molecule has 0 aromatic carbocycles. The monoisotopic (exact) mass is 118 g/mol. The maximum absolute atomic E-state index is 9.70. The minimum Gasteiger partial charge on any atom is -0.481 e. The Kier molecular flexibility index (Phi) is 8.45. The van der Waals surface area contributed by atoms with Crippen LogP contribution in [0, 0.1) is 5.92 Å². The summed E-state index contributed by atoms with van der Waals surface area (Å²) in [5.41, 5.74) is 0. The molecule has 50 valence electrons. The van der Waals surface area contributed by atoms with Gasteiger partial charge in [-0.15, -0.1) is 0 Å². The Morgan fingerprint density at radius 3 is 1.50 bits per heavy atom. The fourth-order valence-electron chi connectivity index (χ4n) is 0. The van der Waals surface area contributed by atoms with E-state index >= 15 is 0 Å². The summed E-state index contributed by atoms with van der Waals surface area (Å²) in [4.78, 5) is 9.70. The Balaban J connectivity index is 0. The lowest BCUT2D eigenvalue weighted by atomic mass is 10.2. The van der Waals surface area contributed by atoms with Gasteiger partial charge in [0.25, 0.3) is 0 Å². The van der Waals surface area contributed by atoms with E-state index in [4.69, 9.17) is 5.11 Å². The zero-order valence-electron chi connectivity index (χ0n) is 5.93. The molecule has 2 nitrogen and oxygen atoms in total. The molecule has 0 spiro atoms. The quantitative estimate of drug-likeness (QED) is 0.569. The molecule has 0 saturated carbocycles. The zero-order chi connectivity index (χ0) is 7.15. The first-order valence-electron chi connectivity index (χ1n) is 2.87. The summed E-state index contributed by atoms with van der Waals surface area (Å²) in [6, 6.07) is 0. The molecule has 0 aliphatic carbocycles. The summed E-state index contributed by atoms with van der Waals surface area (Å²) in [6.45, 7) is 7.28. The van der Waals surface area contributed by atoms with E-state index in [2.05, 4.69) is 0 Å². The fourth-order valence-corrected chi connectivity index (χ4v) is 0. The first-order chi connectivity index (χ1) is 3.64. The second kappa shape index (κ2) is 6.47. The standard InChI is InChI=1S/C4H8O2.C2H6/c1-3(2)4(5)6;1-2/h3H,1-2H3,(H,5,6);1-2H3. The van der Waals surface area contributed by atoms with Crippen molar-refractivity contribution in [1.29, 1.82) is 0 Å². The molecule has 0 aromatic heterocycles. The van der Waals surface area contributed by atoms with Gasteiger partial charge in [-0.25, -0.2) is 0 Å². The third-order valence-corrected chi connectivity index (χ3v) is 0.494. The van der Waals surface area contributed by atoms with Gasteiger partial charge in [-0.1, -0.05) is 27.7 Å². The highest BCUT2D eigenvalue weighted by molar-refractivity contribution is 5.68. The molecular weight excluding hydrogens is 104 g/mol. The van der Waals surface area contributed by atoms with Crippen LogP contribution in [0.5, 0.6) is 0 Å². The van der Waals surface area contributed by atoms with E-state index < -0.39 is 5.97 Å². The zero-order valence-corrected chi connectivity index (χ0v) is 5.93. The van der Waals surface area contributed by atoms with Crippen LogP contribution in [0.1, 0.15) is 27.7 Å². The van der Waals surface area contributed by atoms with Crippen LogP contribution in [0.4, 0.5) is 0 Å². The predicted octanol–water partition coefficient (Wildman–Crippen LogP) is 1.75. The molecular formula is C6H14O2. The van der Waals surface area contributed by atoms with Crippen LogP contribution < -0.4 is 0 Å². The second-order valence-corrected chi connectivity index (χ2v) is 1.49. The average molecular weight is 118 g/mol. The van der Waals surface area contributed by atoms with Gasteiger partial charge in [-0.2, -0.15) is 0 Å². The summed E-state index contributed by atoms with van der Waals surface area (Å²) < 4.78 is 0. The largest absolute Gasteiger partial charge is 0.481 e. The average Bonchev–Trinajstić information content (AvgIpc) is 1.72. The molecule has 0 radical (unpaired) electrons. The van der Waals surface area contributed by atoms with Crippen molar-refractivity contribution >= 4 is 5.97 Å². The van der Waals surface area contributed by atoms with E-state index in [-0.39, 0.29) is 5.92 Å². The Hall–Kier alpha value is -0.530. The molecule has 0 bridgehead atoms. The molecule has 0 heterocycles. The molecule has 0 saturated heterocycles. The van der Waals surface area contributed by atoms with Crippen LogP contribution in [0.3, 0.4) is 0 Å². The maximum atomic E-state index is 9.70. The van der Waals surface area contributed by atoms with Crippen molar-refractivity contribution < 1.29 is 9.90 Å². The molecule has 1 N–H and O–H groups in total. The van der Waals surface area contributed by atoms with Gasteiger partial charge in [-0.3, -0.25) is 4.79 Å². The molecule has 2 heteroatoms. The van der Waals surface area contributed by atoms with Gasteiger partial charge in [-0.05, 0) is 0 Å². The highest BCUT2D eigenvalue weighted by atomic mass is 16.4. The van der Waals surface area contributed by atoms with Gasteiger partial charge in [0.2, 0.25) is 0 Å². The van der Waals surface area contributed by atoms with Crippen LogP contribution in [-0.2, 0) is 4.79 Å². The molecule has 0 amide bonds. The minimum absolute atomic E-state index is 0.231. The van der Waals surface area contributed by atoms with Gasteiger partial charge in [0.15, 0.2) is 0 Å². The maximum Gasteiger partial charge on any atom is 0.305 e. The third-order valence-electron chi connectivity index (χ3n) is 0.494. The van der Waals surface area contributed by atoms with E-state index in [0.717, 1.165) is 0 Å². The number of carbonyl (C=O) groups is 1. The van der Waals surface area contributed by atoms with E-state index in [0.29, 0.717) is 0 Å². The summed E-state index contributed by atoms with van der Waals surface area (Å²) in [5, 5.41) is 7.99. The number of carboxylic acid groups (broad SMARTS) is 1. The predicted molar refractivity (Wildman–Crippen MR) is 33.8 cm³/mol. The molecule has 0 fully saturated rings. The molecule has 8 heavy (non-hydrogen) atoms. The highest BCUT2D eigenvalue weighted by Gasteiger charge is 1.99. The summed E-state index contributed by atoms with van der Waals surface area (Å²) in [6.07, 6.45) is 0. The van der Waals surface area contributed by atoms with Gasteiger partial charge in [0.05, 0.1) is 5.92 Å². The first-order valence-corrected chi connectivity index (χ1v) is 2.87. The first kappa shape index (κ1) is 10.5. The molecule has 0 unspecified atom stereocenters. The van der Waals surface area contributed by atoms with E-state index in [1.54, 1.807) is 13.8 Å². The van der Waals surface area contributed by atoms with Crippen molar-refractivity contribution in [2.45, 2.75) is 27.7 Å². The second-order valence-electron chi connectivity index (χ2n) is 1.49. The highest BCUT2D eigenvalue weighted by Crippen LogP contribution is 1.87. The number of rotatable bonds is 1. The van der Waals surface area contributed by atoms with Crippen LogP contribution in [0.25, 0.3) is 0 Å². The summed E-state index contributed by atoms with van der Waals surface area (Å²) in [7, 11) is 0. The Morgan fingerprint density at radius 2 is 1.50 bits per heavy atom. The van der Waals surface area contributed by atoms with Gasteiger partial charge >= 0.3 is 5.97 Å². The SMILES string of the molecule is CC.CC(C)C(=O)O. The van der Waals surface area contributed by atoms with Crippen molar-refractivity contribution in [2.75, 3.05) is 0 Å².